The molecule has 1 N–H and O–H groups in total. The van der Waals surface area contributed by atoms with Gasteiger partial charge < -0.3 is 4.98 Å². The Balaban J connectivity index is 2.87. The summed E-state index contributed by atoms with van der Waals surface area (Å²) < 4.78 is 1.16. The summed E-state index contributed by atoms with van der Waals surface area (Å²) in [6.45, 7) is 6.47. The highest BCUT2D eigenvalue weighted by molar-refractivity contribution is 9.10. The van der Waals surface area contributed by atoms with Gasteiger partial charge in [-0.1, -0.05) is 6.92 Å². The molecule has 0 unspecified atom stereocenters. The molecule has 1 aromatic carbocycles. The molecule has 1 aromatic heterocycles. The number of fused-ring (bicyclic) bond motifs is 1. The molecule has 2 heteroatoms. The van der Waals surface area contributed by atoms with Gasteiger partial charge in [0.05, 0.1) is 5.52 Å². The Labute approximate surface area is 92.6 Å². The Kier molecular flexibility index (Phi) is 2.40. The van der Waals surface area contributed by atoms with Crippen LogP contribution in [0.1, 0.15) is 23.7 Å². The molecule has 0 aliphatic rings. The summed E-state index contributed by atoms with van der Waals surface area (Å²) in [4.78, 5) is 3.43. The maximum Gasteiger partial charge on any atom is 0.0603 e. The number of hydrogen-bond acceptors (Lipinski definition) is 0. The first-order valence-electron chi connectivity index (χ1n) is 4.90. The summed E-state index contributed by atoms with van der Waals surface area (Å²) in [5.41, 5.74) is 5.25. The first-order valence-corrected chi connectivity index (χ1v) is 5.70. The van der Waals surface area contributed by atoms with E-state index in [9.17, 15) is 0 Å². The first kappa shape index (κ1) is 9.78. The van der Waals surface area contributed by atoms with Crippen LogP contribution in [0.15, 0.2) is 16.6 Å². The number of benzene rings is 1. The van der Waals surface area contributed by atoms with Gasteiger partial charge in [-0.3, -0.25) is 0 Å². The average Bonchev–Trinajstić information content (AvgIpc) is 2.41. The highest BCUT2D eigenvalue weighted by Crippen LogP contribution is 2.29. The fourth-order valence-electron chi connectivity index (χ4n) is 2.03. The van der Waals surface area contributed by atoms with Gasteiger partial charge in [0.25, 0.3) is 0 Å². The van der Waals surface area contributed by atoms with Gasteiger partial charge in [0, 0.05) is 15.6 Å². The van der Waals surface area contributed by atoms with E-state index in [1.807, 2.05) is 0 Å². The van der Waals surface area contributed by atoms with Crippen molar-refractivity contribution >= 4 is 26.8 Å². The molecule has 74 valence electrons. The summed E-state index contributed by atoms with van der Waals surface area (Å²) in [5.74, 6) is 0. The number of halogens is 1. The van der Waals surface area contributed by atoms with E-state index in [4.69, 9.17) is 0 Å². The van der Waals surface area contributed by atoms with E-state index in [-0.39, 0.29) is 0 Å². The second-order valence-corrected chi connectivity index (χ2v) is 4.61. The molecular weight excluding hydrogens is 238 g/mol. The molecular formula is C12H14BrN. The van der Waals surface area contributed by atoms with Crippen LogP contribution in [0.3, 0.4) is 0 Å². The van der Waals surface area contributed by atoms with E-state index in [1.165, 1.54) is 27.7 Å². The minimum atomic E-state index is 1.09. The predicted molar refractivity (Wildman–Crippen MR) is 64.9 cm³/mol. The molecule has 2 aromatic rings. The summed E-state index contributed by atoms with van der Waals surface area (Å²) in [7, 11) is 0. The fourth-order valence-corrected chi connectivity index (χ4v) is 2.70. The number of H-pyrrole nitrogens is 1. The van der Waals surface area contributed by atoms with E-state index in [1.54, 1.807) is 0 Å². The largest absolute Gasteiger partial charge is 0.357 e. The van der Waals surface area contributed by atoms with Crippen LogP contribution in [0.2, 0.25) is 0 Å². The second-order valence-electron chi connectivity index (χ2n) is 3.75. The smallest absolute Gasteiger partial charge is 0.0603 e. The maximum atomic E-state index is 3.59. The third-order valence-electron chi connectivity index (χ3n) is 2.68. The van der Waals surface area contributed by atoms with Crippen molar-refractivity contribution in [2.24, 2.45) is 0 Å². The topological polar surface area (TPSA) is 15.8 Å². The van der Waals surface area contributed by atoms with Gasteiger partial charge in [-0.15, -0.1) is 0 Å². The lowest BCUT2D eigenvalue weighted by Gasteiger charge is -1.99. The molecule has 2 rings (SSSR count). The molecule has 0 radical (unpaired) electrons. The van der Waals surface area contributed by atoms with Gasteiger partial charge >= 0.3 is 0 Å². The zero-order chi connectivity index (χ0) is 10.3. The molecule has 0 atom stereocenters. The minimum absolute atomic E-state index is 1.09. The molecule has 0 amide bonds. The predicted octanol–water partition coefficient (Wildman–Crippen LogP) is 4.11. The lowest BCUT2D eigenvalue weighted by molar-refractivity contribution is 1.11. The van der Waals surface area contributed by atoms with Crippen LogP contribution in [0.4, 0.5) is 0 Å². The van der Waals surface area contributed by atoms with E-state index >= 15 is 0 Å². The standard InChI is InChI=1S/C12H14BrN/c1-4-9-8(3)14-12-10(9)5-7(2)6-11(12)13/h5-6,14H,4H2,1-3H3. The van der Waals surface area contributed by atoms with Gasteiger partial charge in [0.15, 0.2) is 0 Å². The highest BCUT2D eigenvalue weighted by Gasteiger charge is 2.09. The van der Waals surface area contributed by atoms with Gasteiger partial charge in [0.2, 0.25) is 0 Å². The quantitative estimate of drug-likeness (QED) is 0.786. The van der Waals surface area contributed by atoms with Crippen molar-refractivity contribution in [1.29, 1.82) is 0 Å². The van der Waals surface area contributed by atoms with Crippen molar-refractivity contribution in [3.05, 3.63) is 33.4 Å². The summed E-state index contributed by atoms with van der Waals surface area (Å²) in [5, 5.41) is 1.36. The molecule has 0 saturated heterocycles. The third-order valence-corrected chi connectivity index (χ3v) is 3.30. The number of rotatable bonds is 1. The molecule has 0 saturated carbocycles. The van der Waals surface area contributed by atoms with Crippen molar-refractivity contribution in [1.82, 2.24) is 4.98 Å². The van der Waals surface area contributed by atoms with Gasteiger partial charge in [-0.2, -0.15) is 0 Å². The molecule has 1 heterocycles. The van der Waals surface area contributed by atoms with Crippen LogP contribution < -0.4 is 0 Å². The van der Waals surface area contributed by atoms with Crippen LogP contribution in [-0.4, -0.2) is 4.98 Å². The summed E-state index contributed by atoms with van der Waals surface area (Å²) in [6, 6.07) is 4.40. The molecule has 0 aliphatic carbocycles. The van der Waals surface area contributed by atoms with Gasteiger partial charge in [-0.25, -0.2) is 0 Å². The number of hydrogen-bond donors (Lipinski definition) is 1. The normalized spacial score (nSPS) is 11.1. The monoisotopic (exact) mass is 251 g/mol. The number of aryl methyl sites for hydroxylation is 3. The lowest BCUT2D eigenvalue weighted by Crippen LogP contribution is -1.81. The van der Waals surface area contributed by atoms with Gasteiger partial charge in [0.1, 0.15) is 0 Å². The van der Waals surface area contributed by atoms with Crippen molar-refractivity contribution < 1.29 is 0 Å². The molecule has 0 bridgehead atoms. The summed E-state index contributed by atoms with van der Waals surface area (Å²) in [6.07, 6.45) is 1.09. The summed E-state index contributed by atoms with van der Waals surface area (Å²) >= 11 is 3.59. The maximum absolute atomic E-state index is 3.59. The van der Waals surface area contributed by atoms with Crippen molar-refractivity contribution in [3.8, 4) is 0 Å². The van der Waals surface area contributed by atoms with Crippen LogP contribution in [0.5, 0.6) is 0 Å². The van der Waals surface area contributed by atoms with E-state index < -0.39 is 0 Å². The average molecular weight is 252 g/mol. The Morgan fingerprint density at radius 1 is 1.29 bits per heavy atom. The first-order chi connectivity index (χ1) is 6.63. The molecule has 0 aliphatic heterocycles. The van der Waals surface area contributed by atoms with Crippen LogP contribution in [0, 0.1) is 13.8 Å². The zero-order valence-corrected chi connectivity index (χ0v) is 10.3. The van der Waals surface area contributed by atoms with Crippen LogP contribution in [-0.2, 0) is 6.42 Å². The van der Waals surface area contributed by atoms with Crippen molar-refractivity contribution in [2.45, 2.75) is 27.2 Å². The van der Waals surface area contributed by atoms with Crippen LogP contribution in [0.25, 0.3) is 10.9 Å². The van der Waals surface area contributed by atoms with Crippen LogP contribution >= 0.6 is 15.9 Å². The van der Waals surface area contributed by atoms with Gasteiger partial charge in [-0.05, 0) is 59.5 Å². The van der Waals surface area contributed by atoms with E-state index in [0.717, 1.165) is 10.9 Å². The fraction of sp³-hybridized carbons (Fsp3) is 0.333. The highest BCUT2D eigenvalue weighted by atomic mass is 79.9. The van der Waals surface area contributed by atoms with E-state index in [2.05, 4.69) is 53.8 Å². The number of nitrogens with one attached hydrogen (secondary N) is 1. The number of aromatic amines is 1. The molecule has 0 fully saturated rings. The Hall–Kier alpha value is -0.760. The zero-order valence-electron chi connectivity index (χ0n) is 8.74. The Bertz CT molecular complexity index is 483. The van der Waals surface area contributed by atoms with Crippen molar-refractivity contribution in [3.63, 3.8) is 0 Å². The Morgan fingerprint density at radius 3 is 2.64 bits per heavy atom. The second kappa shape index (κ2) is 3.43. The SMILES string of the molecule is CCc1c(C)[nH]c2c(Br)cc(C)cc12. The van der Waals surface area contributed by atoms with E-state index in [0.29, 0.717) is 0 Å². The Morgan fingerprint density at radius 2 is 2.00 bits per heavy atom. The lowest BCUT2D eigenvalue weighted by atomic mass is 10.1. The minimum Gasteiger partial charge on any atom is -0.357 e. The number of aromatic nitrogens is 1. The molecule has 14 heavy (non-hydrogen) atoms. The van der Waals surface area contributed by atoms with Crippen molar-refractivity contribution in [2.75, 3.05) is 0 Å². The molecule has 0 spiro atoms. The third kappa shape index (κ3) is 1.38. The molecule has 1 nitrogen and oxygen atoms in total.